The van der Waals surface area contributed by atoms with Gasteiger partial charge in [0.25, 0.3) is 5.69 Å². The first-order valence-corrected chi connectivity index (χ1v) is 5.46. The van der Waals surface area contributed by atoms with Crippen molar-refractivity contribution in [3.05, 3.63) is 52.0 Å². The quantitative estimate of drug-likeness (QED) is 0.671. The number of aromatic nitrogens is 2. The van der Waals surface area contributed by atoms with Gasteiger partial charge in [-0.2, -0.15) is 0 Å². The highest BCUT2D eigenvalue weighted by Crippen LogP contribution is 2.27. The van der Waals surface area contributed by atoms with Gasteiger partial charge < -0.3 is 9.84 Å². The molecule has 8 nitrogen and oxygen atoms in total. The van der Waals surface area contributed by atoms with Crippen LogP contribution in [-0.4, -0.2) is 26.0 Å². The normalized spacial score (nSPS) is 10.1. The van der Waals surface area contributed by atoms with Gasteiger partial charge in [0, 0.05) is 24.5 Å². The van der Waals surface area contributed by atoms with E-state index < -0.39 is 22.1 Å². The van der Waals surface area contributed by atoms with Crippen LogP contribution >= 0.6 is 0 Å². The fraction of sp³-hybridized carbons (Fsp3) is 0.0833. The van der Waals surface area contributed by atoms with Crippen LogP contribution in [-0.2, 0) is 0 Å². The second-order valence-corrected chi connectivity index (χ2v) is 3.79. The highest BCUT2D eigenvalue weighted by atomic mass is 16.6. The van der Waals surface area contributed by atoms with E-state index >= 15 is 0 Å². The average Bonchev–Trinajstić information content (AvgIpc) is 2.41. The van der Waals surface area contributed by atoms with Crippen molar-refractivity contribution in [3.63, 3.8) is 0 Å². The molecule has 0 amide bonds. The molecule has 1 heterocycles. The fourth-order valence-corrected chi connectivity index (χ4v) is 1.52. The summed E-state index contributed by atoms with van der Waals surface area (Å²) in [6.07, 6.45) is 2.91. The molecule has 2 aromatic rings. The van der Waals surface area contributed by atoms with Crippen LogP contribution in [0, 0.1) is 17.0 Å². The molecule has 0 aliphatic heterocycles. The van der Waals surface area contributed by atoms with Gasteiger partial charge in [0.2, 0.25) is 5.88 Å². The lowest BCUT2D eigenvalue weighted by Gasteiger charge is -2.07. The smallest absolute Gasteiger partial charge is 0.342 e. The van der Waals surface area contributed by atoms with Crippen molar-refractivity contribution in [2.75, 3.05) is 0 Å². The molecule has 8 heteroatoms. The van der Waals surface area contributed by atoms with Crippen molar-refractivity contribution >= 4 is 11.7 Å². The summed E-state index contributed by atoms with van der Waals surface area (Å²) < 4.78 is 5.38. The molecule has 0 radical (unpaired) electrons. The molecular formula is C12H9N3O5. The Bertz CT molecular complexity index is 687. The summed E-state index contributed by atoms with van der Waals surface area (Å²) in [4.78, 5) is 28.9. The zero-order valence-corrected chi connectivity index (χ0v) is 10.3. The van der Waals surface area contributed by atoms with Gasteiger partial charge in [0.15, 0.2) is 0 Å². The topological polar surface area (TPSA) is 115 Å². The molecule has 0 fully saturated rings. The molecule has 0 unspecified atom stereocenters. The molecule has 1 aromatic carbocycles. The largest absolute Gasteiger partial charge is 0.477 e. The Morgan fingerprint density at radius 3 is 2.65 bits per heavy atom. The Morgan fingerprint density at radius 1 is 1.35 bits per heavy atom. The number of aryl methyl sites for hydroxylation is 1. The number of ether oxygens (including phenoxy) is 1. The van der Waals surface area contributed by atoms with Crippen molar-refractivity contribution in [1.29, 1.82) is 0 Å². The Kier molecular flexibility index (Phi) is 3.56. The number of benzene rings is 1. The van der Waals surface area contributed by atoms with Gasteiger partial charge in [-0.25, -0.2) is 9.78 Å². The Morgan fingerprint density at radius 2 is 2.05 bits per heavy atom. The molecule has 0 aliphatic rings. The summed E-state index contributed by atoms with van der Waals surface area (Å²) in [6, 6.07) is 3.46. The maximum absolute atomic E-state index is 11.0. The highest BCUT2D eigenvalue weighted by Gasteiger charge is 2.20. The Balaban J connectivity index is 2.40. The molecule has 20 heavy (non-hydrogen) atoms. The van der Waals surface area contributed by atoms with Gasteiger partial charge in [-0.15, -0.1) is 0 Å². The van der Waals surface area contributed by atoms with E-state index in [0.717, 1.165) is 12.1 Å². The van der Waals surface area contributed by atoms with Crippen molar-refractivity contribution in [2.45, 2.75) is 6.92 Å². The molecule has 0 spiro atoms. The lowest BCUT2D eigenvalue weighted by Crippen LogP contribution is -2.03. The van der Waals surface area contributed by atoms with Crippen LogP contribution in [0.1, 0.15) is 16.1 Å². The molecule has 2 rings (SSSR count). The van der Waals surface area contributed by atoms with E-state index in [4.69, 9.17) is 9.84 Å². The van der Waals surface area contributed by atoms with Crippen LogP contribution in [0.2, 0.25) is 0 Å². The van der Waals surface area contributed by atoms with E-state index in [1.54, 1.807) is 6.92 Å². The van der Waals surface area contributed by atoms with Crippen LogP contribution in [0.15, 0.2) is 30.6 Å². The number of carboxylic acids is 1. The lowest BCUT2D eigenvalue weighted by molar-refractivity contribution is -0.385. The number of nitrogens with zero attached hydrogens (tertiary/aromatic N) is 3. The minimum Gasteiger partial charge on any atom is -0.477 e. The van der Waals surface area contributed by atoms with Gasteiger partial charge in [0.1, 0.15) is 11.3 Å². The first kappa shape index (κ1) is 13.4. The highest BCUT2D eigenvalue weighted by molar-refractivity contribution is 5.92. The predicted molar refractivity (Wildman–Crippen MR) is 66.9 cm³/mol. The number of nitro benzene ring substituents is 1. The summed E-state index contributed by atoms with van der Waals surface area (Å²) in [6.45, 7) is 1.67. The number of hydrogen-bond acceptors (Lipinski definition) is 6. The van der Waals surface area contributed by atoms with Gasteiger partial charge in [-0.1, -0.05) is 0 Å². The predicted octanol–water partition coefficient (Wildman–Crippen LogP) is 2.18. The fourth-order valence-electron chi connectivity index (χ4n) is 1.52. The molecule has 1 N–H and O–H groups in total. The number of aromatic carboxylic acids is 1. The maximum atomic E-state index is 11.0. The summed E-state index contributed by atoms with van der Waals surface area (Å²) in [5, 5.41) is 19.7. The summed E-state index contributed by atoms with van der Waals surface area (Å²) >= 11 is 0. The molecule has 0 bridgehead atoms. The van der Waals surface area contributed by atoms with E-state index in [-0.39, 0.29) is 11.6 Å². The molecule has 0 saturated carbocycles. The number of rotatable bonds is 4. The monoisotopic (exact) mass is 275 g/mol. The van der Waals surface area contributed by atoms with Crippen LogP contribution in [0.5, 0.6) is 11.6 Å². The van der Waals surface area contributed by atoms with Crippen LogP contribution in [0.3, 0.4) is 0 Å². The molecule has 0 atom stereocenters. The SMILES string of the molecule is Cc1nccnc1Oc1ccc([N+](=O)[O-])c(C(=O)O)c1. The first-order chi connectivity index (χ1) is 9.49. The third kappa shape index (κ3) is 2.69. The average molecular weight is 275 g/mol. The maximum Gasteiger partial charge on any atom is 0.342 e. The van der Waals surface area contributed by atoms with Crippen LogP contribution in [0.25, 0.3) is 0 Å². The first-order valence-electron chi connectivity index (χ1n) is 5.46. The van der Waals surface area contributed by atoms with Gasteiger partial charge in [-0.05, 0) is 13.0 Å². The van der Waals surface area contributed by atoms with Crippen molar-refractivity contribution in [1.82, 2.24) is 9.97 Å². The van der Waals surface area contributed by atoms with Gasteiger partial charge >= 0.3 is 5.97 Å². The second-order valence-electron chi connectivity index (χ2n) is 3.79. The Hall–Kier alpha value is -3.03. The Labute approximate surface area is 112 Å². The van der Waals surface area contributed by atoms with E-state index in [9.17, 15) is 14.9 Å². The van der Waals surface area contributed by atoms with Crippen molar-refractivity contribution in [3.8, 4) is 11.6 Å². The van der Waals surface area contributed by atoms with Gasteiger partial charge in [-0.3, -0.25) is 15.1 Å². The zero-order chi connectivity index (χ0) is 14.7. The third-order valence-electron chi connectivity index (χ3n) is 2.45. The van der Waals surface area contributed by atoms with Crippen LogP contribution < -0.4 is 4.74 Å². The van der Waals surface area contributed by atoms with Gasteiger partial charge in [0.05, 0.1) is 10.6 Å². The second kappa shape index (κ2) is 5.31. The van der Waals surface area contributed by atoms with Crippen LogP contribution in [0.4, 0.5) is 5.69 Å². The molecule has 0 saturated heterocycles. The summed E-state index contributed by atoms with van der Waals surface area (Å²) in [5.74, 6) is -1.06. The van der Waals surface area contributed by atoms with E-state index in [2.05, 4.69) is 9.97 Å². The molecule has 1 aromatic heterocycles. The molecule has 0 aliphatic carbocycles. The minimum atomic E-state index is -1.40. The minimum absolute atomic E-state index is 0.136. The van der Waals surface area contributed by atoms with Crippen molar-refractivity contribution < 1.29 is 19.6 Å². The number of hydrogen-bond donors (Lipinski definition) is 1. The van der Waals surface area contributed by atoms with E-state index in [1.807, 2.05) is 0 Å². The third-order valence-corrected chi connectivity index (χ3v) is 2.45. The molecule has 102 valence electrons. The number of nitro groups is 1. The molecular weight excluding hydrogens is 266 g/mol. The number of carbonyl (C=O) groups is 1. The lowest BCUT2D eigenvalue weighted by atomic mass is 10.1. The zero-order valence-electron chi connectivity index (χ0n) is 10.3. The standard InChI is InChI=1S/C12H9N3O5/c1-7-11(14-5-4-13-7)20-8-2-3-10(15(18)19)9(6-8)12(16)17/h2-6H,1H3,(H,16,17). The van der Waals surface area contributed by atoms with E-state index in [1.165, 1.54) is 18.5 Å². The summed E-state index contributed by atoms with van der Waals surface area (Å²) in [5.41, 5.74) is -0.433. The summed E-state index contributed by atoms with van der Waals surface area (Å²) in [7, 11) is 0. The number of carboxylic acid groups (broad SMARTS) is 1. The van der Waals surface area contributed by atoms with E-state index in [0.29, 0.717) is 5.69 Å². The van der Waals surface area contributed by atoms with Crippen molar-refractivity contribution in [2.24, 2.45) is 0 Å².